The fraction of sp³-hybridized carbons (Fsp3) is 0.659. The molecule has 1 unspecified atom stereocenters. The Labute approximate surface area is 479 Å². The van der Waals surface area contributed by atoms with E-state index >= 15 is 0 Å². The van der Waals surface area contributed by atoms with Gasteiger partial charge >= 0.3 is 36.1 Å². The number of aliphatic hydroxyl groups is 1. The lowest BCUT2D eigenvalue weighted by atomic mass is 9.92. The minimum absolute atomic E-state index is 0.0231. The number of thiocarbonyl (C=S) groups is 4. The number of aliphatic hydroxyl groups excluding tert-OH is 1. The smallest absolute Gasteiger partial charge is 0.328 e. The first-order valence-electron chi connectivity index (χ1n) is 23.9. The summed E-state index contributed by atoms with van der Waals surface area (Å²) in [5, 5.41) is 53.1. The number of amidine groups is 1. The molecule has 0 aromatic rings. The van der Waals surface area contributed by atoms with Gasteiger partial charge in [-0.2, -0.15) is 4.99 Å². The molecule has 1 saturated carbocycles. The summed E-state index contributed by atoms with van der Waals surface area (Å²) in [6.45, 7) is 12.2. The number of carbonyl (C=O) groups is 9. The Kier molecular flexibility index (Phi) is 33.4. The number of fused-ring (bicyclic) bond motifs is 1. The Morgan fingerprint density at radius 3 is 1.53 bits per heavy atom. The molecule has 29 nitrogen and oxygen atoms in total. The molecule has 4 atom stereocenters. The van der Waals surface area contributed by atoms with Gasteiger partial charge in [-0.15, -0.1) is 0 Å². The summed E-state index contributed by atoms with van der Waals surface area (Å²) in [6.07, 6.45) is 4.85. The second kappa shape index (κ2) is 38.1. The van der Waals surface area contributed by atoms with Gasteiger partial charge in [-0.05, 0) is 43.2 Å². The van der Waals surface area contributed by atoms with Crippen molar-refractivity contribution in [3.8, 4) is 0 Å². The van der Waals surface area contributed by atoms with E-state index in [1.807, 2.05) is 0 Å². The third-order valence-corrected chi connectivity index (χ3v) is 14.6. The highest BCUT2D eigenvalue weighted by Gasteiger charge is 2.33. The van der Waals surface area contributed by atoms with Gasteiger partial charge < -0.3 is 99.6 Å². The molecule has 0 aromatic heterocycles. The summed E-state index contributed by atoms with van der Waals surface area (Å²) in [6, 6.07) is -0.00847. The molecular formula is C41H69N17O12S7. The fourth-order valence-electron chi connectivity index (χ4n) is 6.37. The number of nitrogens with two attached hydrogens (primary N) is 1. The van der Waals surface area contributed by atoms with Gasteiger partial charge in [0.15, 0.2) is 10.3 Å². The van der Waals surface area contributed by atoms with Crippen molar-refractivity contribution >= 4 is 162 Å². The van der Waals surface area contributed by atoms with E-state index in [-0.39, 0.29) is 55.0 Å². The molecule has 13 amide bonds. The van der Waals surface area contributed by atoms with E-state index < -0.39 is 18.0 Å². The van der Waals surface area contributed by atoms with Crippen LogP contribution in [0.3, 0.4) is 0 Å². The number of urea groups is 5. The van der Waals surface area contributed by atoms with Crippen LogP contribution >= 0.6 is 84.2 Å². The molecule has 0 spiro atoms. The van der Waals surface area contributed by atoms with Crippen molar-refractivity contribution in [1.82, 2.24) is 78.9 Å². The van der Waals surface area contributed by atoms with Gasteiger partial charge in [-0.25, -0.2) is 28.8 Å². The molecule has 0 bridgehead atoms. The Hall–Kier alpha value is -5.53. The number of nitrogens with zero attached hydrogens (tertiary/aromatic N) is 3. The minimum atomic E-state index is -1.01. The first-order chi connectivity index (χ1) is 36.6. The summed E-state index contributed by atoms with van der Waals surface area (Å²) < 4.78 is 6.34. The molecule has 10 aliphatic heterocycles. The minimum Gasteiger partial charge on any atom is -0.480 e. The third-order valence-electron chi connectivity index (χ3n) is 10.5. The van der Waals surface area contributed by atoms with E-state index in [0.29, 0.717) is 73.4 Å². The van der Waals surface area contributed by atoms with E-state index in [1.165, 1.54) is 53.0 Å². The molecular weight excluding hydrogens is 1150 g/mol. The van der Waals surface area contributed by atoms with Crippen molar-refractivity contribution in [3.63, 3.8) is 0 Å². The summed E-state index contributed by atoms with van der Waals surface area (Å²) in [4.78, 5) is 99.4. The van der Waals surface area contributed by atoms with Crippen LogP contribution in [0.15, 0.2) is 4.99 Å². The second-order valence-corrected chi connectivity index (χ2v) is 21.7. The third kappa shape index (κ3) is 30.3. The van der Waals surface area contributed by atoms with Gasteiger partial charge in [-0.3, -0.25) is 14.4 Å². The number of carboxylic acids is 1. The molecule has 0 aromatic carbocycles. The molecule has 10 fully saturated rings. The van der Waals surface area contributed by atoms with Crippen molar-refractivity contribution in [3.05, 3.63) is 0 Å². The molecule has 432 valence electrons. The molecule has 10 heterocycles. The van der Waals surface area contributed by atoms with E-state index in [4.69, 9.17) is 57.3 Å². The molecule has 77 heavy (non-hydrogen) atoms. The van der Waals surface area contributed by atoms with Crippen LogP contribution in [-0.2, 0) is 23.9 Å². The Bertz CT molecular complexity index is 2000. The normalized spacial score (nSPS) is 23.4. The summed E-state index contributed by atoms with van der Waals surface area (Å²) in [5.74, 6) is 1.05. The number of amides is 13. The molecule has 9 saturated heterocycles. The SMILES string of the molecule is CC(C)[C@H]1COC(=S)N1.CN1C(=O)CSC1=S.NC1=NC(=O)CS1.O=C1CSC(=S)N1.O=C1NCC(C(=O)O)N1.O=C1NCCN1.O=C1NCCN1.O=C1NCCN1CCO.O=C1N[C@H]2CCCC[C@H]2N1.S=C1NCCN1. The fourth-order valence-corrected chi connectivity index (χ4v) is 9.12. The molecule has 11 rings (SSSR count). The molecule has 0 radical (unpaired) electrons. The van der Waals surface area contributed by atoms with Gasteiger partial charge in [0.05, 0.1) is 48.5 Å². The topological polar surface area (TPSA) is 405 Å². The zero-order chi connectivity index (χ0) is 57.3. The van der Waals surface area contributed by atoms with Crippen molar-refractivity contribution in [2.45, 2.75) is 63.7 Å². The quantitative estimate of drug-likeness (QED) is 0.130. The summed E-state index contributed by atoms with van der Waals surface area (Å²) >= 11 is 23.0. The monoisotopic (exact) mass is 1220 g/mol. The van der Waals surface area contributed by atoms with Gasteiger partial charge in [-0.1, -0.05) is 86.4 Å². The lowest BCUT2D eigenvalue weighted by molar-refractivity contribution is -0.138. The highest BCUT2D eigenvalue weighted by atomic mass is 32.2. The largest absolute Gasteiger partial charge is 0.480 e. The standard InChI is InChI=1S/C7H12N2O.C6H11NOS.C5H10N2O2.C4H6N2O3.C4H5NOS2.C3H4N2OS.2C3H6N2O.C3H6N2S.C3H3NOS2/c10-7-8-5-3-1-2-4-6(5)9-7;1-4(2)5-3-8-6(9)7-5;8-4-3-7-2-1-6-5(7)9;7-3(8)2-1-5-4(9)6-2;1-5-3(6)2-8-4(5)7;4-3-5-2(6)1-7-3;3*6-3-4-1-2-5-3;5-2-1-7-3(6)4-2/h5-6H,1-4H2,(H2,8,9,10);4-5H,3H2,1-2H3,(H,7,9);8H,1-4H2,(H,6,9);2H,1H2,(H,7,8)(H2,5,6,9);2H2,1H3;1H2,(H2,4,5,6);3*1-2H2,(H2,4,5,6);1H2,(H,4,5,6)/t5-,6+;5-;;;;;;;;/m.1......../s1. The van der Waals surface area contributed by atoms with Crippen molar-refractivity contribution in [2.75, 3.05) is 103 Å². The van der Waals surface area contributed by atoms with Crippen LogP contribution < -0.4 is 74.9 Å². The second-order valence-electron chi connectivity index (χ2n) is 16.7. The number of β-amino-alcohol motifs (C(OH)–C–C–N with tert-alkyl or cyclic N) is 1. The average molecular weight is 1220 g/mol. The van der Waals surface area contributed by atoms with Crippen LogP contribution in [0.5, 0.6) is 0 Å². The molecule has 1 aliphatic carbocycles. The number of aliphatic carboxylic acids is 1. The Morgan fingerprint density at radius 1 is 0.727 bits per heavy atom. The highest BCUT2D eigenvalue weighted by molar-refractivity contribution is 8.24. The number of carboxylic acid groups (broad SMARTS) is 1. The van der Waals surface area contributed by atoms with Crippen molar-refractivity contribution in [2.24, 2.45) is 16.6 Å². The Balaban J connectivity index is 0.000000294. The zero-order valence-electron chi connectivity index (χ0n) is 42.6. The number of thioether (sulfide) groups is 3. The number of nitrogens with one attached hydrogen (secondary N) is 13. The summed E-state index contributed by atoms with van der Waals surface area (Å²) in [5.41, 5.74) is 5.12. The van der Waals surface area contributed by atoms with Gasteiger partial charge in [0.25, 0.3) is 11.1 Å². The lowest BCUT2D eigenvalue weighted by Crippen LogP contribution is -2.36. The predicted molar refractivity (Wildman–Crippen MR) is 310 cm³/mol. The Morgan fingerprint density at radius 2 is 1.30 bits per heavy atom. The van der Waals surface area contributed by atoms with Gasteiger partial charge in [0.1, 0.15) is 21.3 Å². The van der Waals surface area contributed by atoms with Crippen LogP contribution in [0.1, 0.15) is 39.5 Å². The van der Waals surface area contributed by atoms with Crippen molar-refractivity contribution in [1.29, 1.82) is 0 Å². The lowest BCUT2D eigenvalue weighted by Gasteiger charge is -2.22. The maximum absolute atomic E-state index is 10.8. The summed E-state index contributed by atoms with van der Waals surface area (Å²) in [7, 11) is 1.70. The maximum Gasteiger partial charge on any atom is 0.328 e. The number of carbonyl (C=O) groups excluding carboxylic acids is 8. The molecule has 36 heteroatoms. The first-order valence-corrected chi connectivity index (χ1v) is 28.5. The van der Waals surface area contributed by atoms with E-state index in [2.05, 4.69) is 100 Å². The van der Waals surface area contributed by atoms with Crippen molar-refractivity contribution < 1.29 is 58.1 Å². The highest BCUT2D eigenvalue weighted by Crippen LogP contribution is 2.21. The number of aliphatic imine (C=N–C) groups is 1. The van der Waals surface area contributed by atoms with Crippen LogP contribution in [0, 0.1) is 5.92 Å². The molecule has 11 aliphatic rings. The average Bonchev–Trinajstić information content (AvgIpc) is 4.22. The van der Waals surface area contributed by atoms with E-state index in [0.717, 1.165) is 70.4 Å². The predicted octanol–water partition coefficient (Wildman–Crippen LogP) is -2.47. The van der Waals surface area contributed by atoms with E-state index in [1.54, 1.807) is 11.9 Å². The first kappa shape index (κ1) is 67.6. The van der Waals surface area contributed by atoms with E-state index in [9.17, 15) is 43.2 Å². The maximum atomic E-state index is 10.8. The zero-order valence-corrected chi connectivity index (χ0v) is 48.3. The van der Waals surface area contributed by atoms with Crippen LogP contribution in [0.25, 0.3) is 0 Å². The molecule has 17 N–H and O–H groups in total. The van der Waals surface area contributed by atoms with Crippen LogP contribution in [0.4, 0.5) is 24.0 Å². The van der Waals surface area contributed by atoms with Crippen LogP contribution in [-0.4, -0.2) is 225 Å². The van der Waals surface area contributed by atoms with Gasteiger partial charge in [0, 0.05) is 66.0 Å². The van der Waals surface area contributed by atoms with Crippen LogP contribution in [0.2, 0.25) is 0 Å². The number of ether oxygens (including phenoxy) is 1. The number of rotatable bonds is 4. The number of hydrogen-bond donors (Lipinski definition) is 16. The number of hydrogen-bond acceptors (Lipinski definition) is 19. The van der Waals surface area contributed by atoms with Gasteiger partial charge in [0.2, 0.25) is 11.8 Å².